The third-order valence-electron chi connectivity index (χ3n) is 2.69. The Labute approximate surface area is 101 Å². The largest absolute Gasteiger partial charge is 0.476 e. The smallest absolute Gasteiger partial charge is 0.363 e. The summed E-state index contributed by atoms with van der Waals surface area (Å²) in [5.74, 6) is -1.71. The van der Waals surface area contributed by atoms with E-state index in [0.717, 1.165) is 10.9 Å². The Bertz CT molecular complexity index is 587. The first kappa shape index (κ1) is 12.5. The summed E-state index contributed by atoms with van der Waals surface area (Å²) in [5.41, 5.74) is -1.31. The molecular weight excluding hydrogens is 266 g/mol. The maximum absolute atomic E-state index is 11.3. The summed E-state index contributed by atoms with van der Waals surface area (Å²) in [6, 6.07) is -0.540. The van der Waals surface area contributed by atoms with Gasteiger partial charge in [0.15, 0.2) is 9.84 Å². The van der Waals surface area contributed by atoms with Crippen molar-refractivity contribution in [1.29, 1.82) is 0 Å². The lowest BCUT2D eigenvalue weighted by molar-refractivity contribution is -0.385. The van der Waals surface area contributed by atoms with Gasteiger partial charge in [0.25, 0.3) is 0 Å². The Kier molecular flexibility index (Phi) is 2.81. The predicted octanol–water partition coefficient (Wildman–Crippen LogP) is -0.151. The van der Waals surface area contributed by atoms with Crippen LogP contribution in [0.1, 0.15) is 23.0 Å². The number of aromatic nitrogens is 2. The fourth-order valence-corrected chi connectivity index (χ4v) is 3.54. The SMILES string of the molecule is O=C(O)c1nn(C2CCS(=O)(=O)C2)cc1[N+](=O)[O-]. The van der Waals surface area contributed by atoms with Crippen molar-refractivity contribution in [1.82, 2.24) is 9.78 Å². The van der Waals surface area contributed by atoms with E-state index in [9.17, 15) is 23.3 Å². The molecule has 1 N–H and O–H groups in total. The molecule has 1 aromatic heterocycles. The minimum atomic E-state index is -3.17. The van der Waals surface area contributed by atoms with Gasteiger partial charge in [0.1, 0.15) is 6.20 Å². The fraction of sp³-hybridized carbons (Fsp3) is 0.500. The molecule has 0 aromatic carbocycles. The lowest BCUT2D eigenvalue weighted by atomic mass is 10.3. The van der Waals surface area contributed by atoms with E-state index in [-0.39, 0.29) is 17.9 Å². The summed E-state index contributed by atoms with van der Waals surface area (Å²) in [5, 5.41) is 23.0. The minimum absolute atomic E-state index is 0.0201. The molecule has 9 nitrogen and oxygen atoms in total. The van der Waals surface area contributed by atoms with E-state index in [4.69, 9.17) is 5.11 Å². The van der Waals surface area contributed by atoms with Crippen LogP contribution in [0.25, 0.3) is 0 Å². The molecule has 0 saturated carbocycles. The Morgan fingerprint density at radius 2 is 2.28 bits per heavy atom. The lowest BCUT2D eigenvalue weighted by Crippen LogP contribution is -2.12. The molecule has 98 valence electrons. The first-order valence-electron chi connectivity index (χ1n) is 4.97. The molecule has 10 heteroatoms. The van der Waals surface area contributed by atoms with Crippen LogP contribution in [0.4, 0.5) is 5.69 Å². The van der Waals surface area contributed by atoms with Gasteiger partial charge in [-0.25, -0.2) is 13.2 Å². The fourth-order valence-electron chi connectivity index (χ4n) is 1.84. The van der Waals surface area contributed by atoms with Crippen LogP contribution in [0, 0.1) is 10.1 Å². The van der Waals surface area contributed by atoms with Gasteiger partial charge in [-0.15, -0.1) is 0 Å². The van der Waals surface area contributed by atoms with Crippen molar-refractivity contribution in [2.24, 2.45) is 0 Å². The Balaban J connectivity index is 2.39. The molecule has 0 spiro atoms. The molecule has 1 atom stereocenters. The quantitative estimate of drug-likeness (QED) is 0.599. The van der Waals surface area contributed by atoms with Gasteiger partial charge in [-0.05, 0) is 6.42 Å². The molecule has 1 unspecified atom stereocenters. The Morgan fingerprint density at radius 3 is 2.67 bits per heavy atom. The topological polar surface area (TPSA) is 132 Å². The van der Waals surface area contributed by atoms with Crippen LogP contribution in [-0.4, -0.2) is 45.7 Å². The molecule has 18 heavy (non-hydrogen) atoms. The first-order valence-corrected chi connectivity index (χ1v) is 6.79. The highest BCUT2D eigenvalue weighted by Crippen LogP contribution is 2.26. The van der Waals surface area contributed by atoms with Gasteiger partial charge in [-0.3, -0.25) is 14.8 Å². The summed E-state index contributed by atoms with van der Waals surface area (Å²) < 4.78 is 23.6. The standard InChI is InChI=1S/C8H9N3O6S/c12-8(13)7-6(11(14)15)3-10(9-7)5-1-2-18(16,17)4-5/h3,5H,1-2,4H2,(H,12,13). The van der Waals surface area contributed by atoms with Crippen LogP contribution >= 0.6 is 0 Å². The van der Waals surface area contributed by atoms with Crippen LogP contribution in [0.15, 0.2) is 6.20 Å². The van der Waals surface area contributed by atoms with Crippen LogP contribution in [-0.2, 0) is 9.84 Å². The molecule has 0 bridgehead atoms. The third-order valence-corrected chi connectivity index (χ3v) is 4.44. The summed E-state index contributed by atoms with van der Waals surface area (Å²) in [4.78, 5) is 20.6. The van der Waals surface area contributed by atoms with E-state index in [1.54, 1.807) is 0 Å². The van der Waals surface area contributed by atoms with Crippen molar-refractivity contribution in [3.05, 3.63) is 22.0 Å². The second-order valence-electron chi connectivity index (χ2n) is 3.96. The summed E-state index contributed by atoms with van der Waals surface area (Å²) in [6.45, 7) is 0. The summed E-state index contributed by atoms with van der Waals surface area (Å²) >= 11 is 0. The molecule has 1 saturated heterocycles. The molecular formula is C8H9N3O6S. The molecule has 1 aromatic rings. The van der Waals surface area contributed by atoms with Gasteiger partial charge in [0.2, 0.25) is 5.69 Å². The molecule has 0 aliphatic carbocycles. The first-order chi connectivity index (χ1) is 8.30. The number of nitro groups is 1. The molecule has 1 fully saturated rings. The maximum Gasteiger partial charge on any atom is 0.363 e. The van der Waals surface area contributed by atoms with E-state index >= 15 is 0 Å². The zero-order valence-electron chi connectivity index (χ0n) is 9.01. The number of sulfone groups is 1. The van der Waals surface area contributed by atoms with Crippen LogP contribution in [0.2, 0.25) is 0 Å². The van der Waals surface area contributed by atoms with E-state index in [2.05, 4.69) is 5.10 Å². The van der Waals surface area contributed by atoms with Gasteiger partial charge in [-0.2, -0.15) is 5.10 Å². The van der Waals surface area contributed by atoms with E-state index in [1.807, 2.05) is 0 Å². The molecule has 2 rings (SSSR count). The van der Waals surface area contributed by atoms with Crippen molar-refractivity contribution in [2.45, 2.75) is 12.5 Å². The van der Waals surface area contributed by atoms with Crippen molar-refractivity contribution < 1.29 is 23.2 Å². The highest BCUT2D eigenvalue weighted by atomic mass is 32.2. The van der Waals surface area contributed by atoms with E-state index in [1.165, 1.54) is 0 Å². The number of aromatic carboxylic acids is 1. The normalized spacial score (nSPS) is 21.9. The second-order valence-corrected chi connectivity index (χ2v) is 6.19. The van der Waals surface area contributed by atoms with Crippen LogP contribution in [0.5, 0.6) is 0 Å². The summed E-state index contributed by atoms with van der Waals surface area (Å²) in [7, 11) is -3.17. The monoisotopic (exact) mass is 275 g/mol. The highest BCUT2D eigenvalue weighted by Gasteiger charge is 2.33. The van der Waals surface area contributed by atoms with Gasteiger partial charge in [-0.1, -0.05) is 0 Å². The number of rotatable bonds is 3. The number of carboxylic acids is 1. The second kappa shape index (κ2) is 4.05. The van der Waals surface area contributed by atoms with Gasteiger partial charge < -0.3 is 5.11 Å². The van der Waals surface area contributed by atoms with E-state index in [0.29, 0.717) is 0 Å². The number of carboxylic acid groups (broad SMARTS) is 1. The van der Waals surface area contributed by atoms with Crippen molar-refractivity contribution >= 4 is 21.5 Å². The Hall–Kier alpha value is -1.97. The van der Waals surface area contributed by atoms with Crippen molar-refractivity contribution in [2.75, 3.05) is 11.5 Å². The van der Waals surface area contributed by atoms with Crippen LogP contribution in [0.3, 0.4) is 0 Å². The average molecular weight is 275 g/mol. The number of nitrogens with zero attached hydrogens (tertiary/aromatic N) is 3. The number of hydrogen-bond donors (Lipinski definition) is 1. The lowest BCUT2D eigenvalue weighted by Gasteiger charge is -2.06. The third kappa shape index (κ3) is 2.18. The number of carbonyl (C=O) groups is 1. The highest BCUT2D eigenvalue weighted by molar-refractivity contribution is 7.91. The van der Waals surface area contributed by atoms with Crippen molar-refractivity contribution in [3.8, 4) is 0 Å². The Morgan fingerprint density at radius 1 is 1.61 bits per heavy atom. The molecule has 2 heterocycles. The zero-order chi connectivity index (χ0) is 13.5. The van der Waals surface area contributed by atoms with Gasteiger partial charge in [0.05, 0.1) is 22.5 Å². The molecule has 1 aliphatic rings. The predicted molar refractivity (Wildman–Crippen MR) is 58.1 cm³/mol. The molecule has 1 aliphatic heterocycles. The van der Waals surface area contributed by atoms with Gasteiger partial charge in [0, 0.05) is 0 Å². The zero-order valence-corrected chi connectivity index (χ0v) is 9.83. The van der Waals surface area contributed by atoms with Crippen LogP contribution < -0.4 is 0 Å². The van der Waals surface area contributed by atoms with Gasteiger partial charge >= 0.3 is 11.7 Å². The van der Waals surface area contributed by atoms with E-state index < -0.39 is 38.2 Å². The average Bonchev–Trinajstić information content (AvgIpc) is 2.80. The summed E-state index contributed by atoms with van der Waals surface area (Å²) in [6.07, 6.45) is 1.25. The maximum atomic E-state index is 11.3. The molecule has 0 amide bonds. The number of hydrogen-bond acceptors (Lipinski definition) is 6. The molecule has 0 radical (unpaired) electrons. The minimum Gasteiger partial charge on any atom is -0.476 e. The van der Waals surface area contributed by atoms with Crippen molar-refractivity contribution in [3.63, 3.8) is 0 Å².